The minimum atomic E-state index is -4.93. The molecule has 0 fully saturated rings. The maximum atomic E-state index is 13.0. The molecule has 0 aromatic rings. The SMILES string of the molecule is CC/C=C\C/C=C\C/C=C\C/C=C\C/C=C\CCCCCCCCCCCCCCCCCC(=O)OCC(O)COP(=O)(O)OCC(O)COP(=O)(O)OCC(COC(=O)CCCCCCCCCCCCCCCCC/C=C\C/C=C\C/C=C\C/C=C\C/C=C\CC)OC(=O)CCCCCCC/C=C\CCCCCC. The third kappa shape index (κ3) is 86.4. The lowest BCUT2D eigenvalue weighted by molar-refractivity contribution is -0.161. The van der Waals surface area contributed by atoms with Crippen LogP contribution in [-0.4, -0.2) is 95.9 Å². The summed E-state index contributed by atoms with van der Waals surface area (Å²) in [6.07, 6.45) is 105. The lowest BCUT2D eigenvalue weighted by atomic mass is 10.0. The van der Waals surface area contributed by atoms with E-state index in [0.29, 0.717) is 19.3 Å². The molecule has 0 rings (SSSR count). The molecule has 5 unspecified atom stereocenters. The lowest BCUT2D eigenvalue weighted by Gasteiger charge is -2.21. The summed E-state index contributed by atoms with van der Waals surface area (Å²) in [5.74, 6) is -1.57. The monoisotopic (exact) mass is 1600 g/mol. The molecular weight excluding hydrogens is 1430 g/mol. The van der Waals surface area contributed by atoms with Crippen LogP contribution < -0.4 is 0 Å². The van der Waals surface area contributed by atoms with Gasteiger partial charge in [0.1, 0.15) is 25.4 Å². The molecule has 16 nitrogen and oxygen atoms in total. The number of hydrogen-bond acceptors (Lipinski definition) is 14. The van der Waals surface area contributed by atoms with Gasteiger partial charge >= 0.3 is 33.6 Å². The fourth-order valence-electron chi connectivity index (χ4n) is 12.2. The van der Waals surface area contributed by atoms with Crippen molar-refractivity contribution in [2.45, 2.75) is 399 Å². The summed E-state index contributed by atoms with van der Waals surface area (Å²) in [5.41, 5.74) is 0. The Balaban J connectivity index is 4.42. The van der Waals surface area contributed by atoms with E-state index in [1.165, 1.54) is 180 Å². The first kappa shape index (κ1) is 107. The van der Waals surface area contributed by atoms with Crippen LogP contribution in [0.15, 0.2) is 134 Å². The van der Waals surface area contributed by atoms with Crippen LogP contribution in [0.4, 0.5) is 0 Å². The van der Waals surface area contributed by atoms with Gasteiger partial charge in [-0.2, -0.15) is 0 Å². The van der Waals surface area contributed by atoms with E-state index in [4.69, 9.17) is 32.3 Å². The molecule has 0 aliphatic heterocycles. The number of carbonyl (C=O) groups excluding carboxylic acids is 3. The Bertz CT molecular complexity index is 2550. The van der Waals surface area contributed by atoms with Crippen LogP contribution in [0.25, 0.3) is 0 Å². The number of unbranched alkanes of at least 4 members (excludes halogenated alkanes) is 39. The fraction of sp³-hybridized carbons (Fsp3) is 0.731. The van der Waals surface area contributed by atoms with Gasteiger partial charge in [-0.15, -0.1) is 0 Å². The van der Waals surface area contributed by atoms with Crippen molar-refractivity contribution in [3.63, 3.8) is 0 Å². The quantitative estimate of drug-likeness (QED) is 0.0146. The van der Waals surface area contributed by atoms with Gasteiger partial charge in [-0.1, -0.05) is 360 Å². The van der Waals surface area contributed by atoms with Crippen LogP contribution in [0.3, 0.4) is 0 Å². The Morgan fingerprint density at radius 2 is 0.477 bits per heavy atom. The van der Waals surface area contributed by atoms with Crippen molar-refractivity contribution in [3.05, 3.63) is 134 Å². The summed E-state index contributed by atoms with van der Waals surface area (Å²) < 4.78 is 61.3. The summed E-state index contributed by atoms with van der Waals surface area (Å²) in [6.45, 7) is 2.48. The Kier molecular flexibility index (Phi) is 81.8. The van der Waals surface area contributed by atoms with Crippen LogP contribution in [0, 0.1) is 0 Å². The standard InChI is InChI=1S/C93H162O16P2/c1-4-7-10-13-16-19-22-25-27-29-31-33-35-37-39-41-43-45-47-49-51-53-55-57-59-62-64-67-70-73-76-79-91(96)103-82-88(94)83-105-110(99,100)106-84-89(95)85-107-111(101,102)108-87-90(109-93(98)81-78-75-72-69-66-61-24-21-18-15-12-9-6-3)86-104-92(97)80-77-74-71-68-65-63-60-58-56-54-52-50-48-46-44-42-40-38-36-34-32-30-28-26-23-20-17-14-11-8-5-2/h7-8,10-11,16-17,19-21,24-28,31-34,37-40,88-90,94-95H,4-6,9,12-15,18,22-23,29-30,35-36,41-87H2,1-3H3,(H,99,100)(H,101,102)/b10-7-,11-8-,19-16-,20-17-,24-21-,27-25-,28-26-,33-31-,34-32-,39-37-,40-38-. The number of aliphatic hydroxyl groups is 2. The first-order valence-electron chi connectivity index (χ1n) is 44.5. The Hall–Kier alpha value is -4.31. The number of phosphoric ester groups is 2. The average Bonchev–Trinajstić information content (AvgIpc) is 0.928. The molecule has 4 N–H and O–H groups in total. The topological polar surface area (TPSA) is 231 Å². The third-order valence-corrected chi connectivity index (χ3v) is 20.7. The van der Waals surface area contributed by atoms with E-state index in [-0.39, 0.29) is 19.3 Å². The highest BCUT2D eigenvalue weighted by Gasteiger charge is 2.29. The van der Waals surface area contributed by atoms with Crippen LogP contribution in [0.5, 0.6) is 0 Å². The Morgan fingerprint density at radius 1 is 0.261 bits per heavy atom. The zero-order valence-electron chi connectivity index (χ0n) is 70.4. The molecule has 0 heterocycles. The summed E-state index contributed by atoms with van der Waals surface area (Å²) in [7, 11) is -9.79. The number of aliphatic hydroxyl groups excluding tert-OH is 2. The number of hydrogen-bond donors (Lipinski definition) is 4. The molecule has 0 saturated carbocycles. The van der Waals surface area contributed by atoms with E-state index >= 15 is 0 Å². The van der Waals surface area contributed by atoms with Crippen molar-refractivity contribution < 1.29 is 75.8 Å². The molecular formula is C93H162O16P2. The van der Waals surface area contributed by atoms with Crippen LogP contribution in [0.2, 0.25) is 0 Å². The van der Waals surface area contributed by atoms with Crippen molar-refractivity contribution in [1.29, 1.82) is 0 Å². The van der Waals surface area contributed by atoms with Crippen LogP contribution >= 0.6 is 15.6 Å². The van der Waals surface area contributed by atoms with Gasteiger partial charge in [0, 0.05) is 19.3 Å². The number of carbonyl (C=O) groups is 3. The van der Waals surface area contributed by atoms with Gasteiger partial charge in [0.15, 0.2) is 6.10 Å². The lowest BCUT2D eigenvalue weighted by Crippen LogP contribution is -2.30. The highest BCUT2D eigenvalue weighted by Crippen LogP contribution is 2.45. The average molecular weight is 1600 g/mol. The van der Waals surface area contributed by atoms with Crippen molar-refractivity contribution in [2.75, 3.05) is 39.6 Å². The molecule has 0 aliphatic rings. The molecule has 0 aliphatic carbocycles. The van der Waals surface area contributed by atoms with Crippen molar-refractivity contribution in [2.24, 2.45) is 0 Å². The molecule has 18 heteroatoms. The maximum absolute atomic E-state index is 13.0. The smallest absolute Gasteiger partial charge is 0.463 e. The predicted octanol–water partition coefficient (Wildman–Crippen LogP) is 27.0. The normalized spacial score (nSPS) is 14.5. The summed E-state index contributed by atoms with van der Waals surface area (Å²) in [6, 6.07) is 0. The van der Waals surface area contributed by atoms with Gasteiger partial charge in [-0.05, 0) is 135 Å². The van der Waals surface area contributed by atoms with Crippen LogP contribution in [0.1, 0.15) is 380 Å². The molecule has 0 bridgehead atoms. The van der Waals surface area contributed by atoms with Gasteiger partial charge in [-0.25, -0.2) is 9.13 Å². The highest BCUT2D eigenvalue weighted by molar-refractivity contribution is 7.47. The molecule has 640 valence electrons. The number of ether oxygens (including phenoxy) is 3. The van der Waals surface area contributed by atoms with E-state index in [1.54, 1.807) is 0 Å². The van der Waals surface area contributed by atoms with Crippen molar-refractivity contribution >= 4 is 33.6 Å². The molecule has 0 aromatic heterocycles. The van der Waals surface area contributed by atoms with E-state index in [9.17, 15) is 43.5 Å². The van der Waals surface area contributed by atoms with Gasteiger partial charge in [0.05, 0.1) is 26.4 Å². The molecule has 5 atom stereocenters. The molecule has 111 heavy (non-hydrogen) atoms. The molecule has 0 spiro atoms. The van der Waals surface area contributed by atoms with E-state index < -0.39 is 91.5 Å². The molecule has 0 radical (unpaired) electrons. The summed E-state index contributed by atoms with van der Waals surface area (Å²) in [4.78, 5) is 58.8. The zero-order valence-corrected chi connectivity index (χ0v) is 72.1. The second kappa shape index (κ2) is 85.1. The first-order chi connectivity index (χ1) is 54.2. The number of esters is 3. The fourth-order valence-corrected chi connectivity index (χ4v) is 13.7. The Morgan fingerprint density at radius 3 is 0.766 bits per heavy atom. The first-order valence-corrected chi connectivity index (χ1v) is 47.5. The van der Waals surface area contributed by atoms with E-state index in [2.05, 4.69) is 154 Å². The second-order valence-electron chi connectivity index (χ2n) is 29.6. The molecule has 0 amide bonds. The largest absolute Gasteiger partial charge is 0.472 e. The molecule has 0 aromatic carbocycles. The minimum Gasteiger partial charge on any atom is -0.463 e. The number of allylic oxidation sites excluding steroid dienone is 22. The Labute approximate surface area is 677 Å². The van der Waals surface area contributed by atoms with E-state index in [1.807, 2.05) is 0 Å². The van der Waals surface area contributed by atoms with Gasteiger partial charge < -0.3 is 34.2 Å². The van der Waals surface area contributed by atoms with Crippen molar-refractivity contribution in [3.8, 4) is 0 Å². The van der Waals surface area contributed by atoms with Crippen molar-refractivity contribution in [1.82, 2.24) is 0 Å². The number of phosphoric acid groups is 2. The number of rotatable bonds is 84. The predicted molar refractivity (Wildman–Crippen MR) is 463 cm³/mol. The summed E-state index contributed by atoms with van der Waals surface area (Å²) in [5, 5.41) is 20.7. The second-order valence-corrected chi connectivity index (χ2v) is 32.5. The van der Waals surface area contributed by atoms with Gasteiger partial charge in [-0.3, -0.25) is 32.5 Å². The molecule has 0 saturated heterocycles. The minimum absolute atomic E-state index is 0.0950. The zero-order chi connectivity index (χ0) is 80.8. The van der Waals surface area contributed by atoms with Gasteiger partial charge in [0.2, 0.25) is 0 Å². The highest BCUT2D eigenvalue weighted by atomic mass is 31.2. The summed E-state index contributed by atoms with van der Waals surface area (Å²) >= 11 is 0. The third-order valence-electron chi connectivity index (χ3n) is 18.8. The van der Waals surface area contributed by atoms with Crippen LogP contribution in [-0.2, 0) is 55.8 Å². The maximum Gasteiger partial charge on any atom is 0.472 e. The van der Waals surface area contributed by atoms with Gasteiger partial charge in [0.25, 0.3) is 0 Å². The van der Waals surface area contributed by atoms with E-state index in [0.717, 1.165) is 141 Å².